The second kappa shape index (κ2) is 5.82. The Balaban J connectivity index is 2.23. The van der Waals surface area contributed by atoms with Crippen molar-refractivity contribution in [2.24, 2.45) is 5.73 Å². The molecule has 0 saturated heterocycles. The number of benzene rings is 2. The third-order valence-electron chi connectivity index (χ3n) is 2.78. The molecule has 0 radical (unpaired) electrons. The van der Waals surface area contributed by atoms with Gasteiger partial charge in [0.25, 0.3) is 0 Å². The summed E-state index contributed by atoms with van der Waals surface area (Å²) < 4.78 is 5.74. The Morgan fingerprint density at radius 1 is 1.21 bits per heavy atom. The van der Waals surface area contributed by atoms with Gasteiger partial charge in [-0.25, -0.2) is 0 Å². The summed E-state index contributed by atoms with van der Waals surface area (Å²) in [5.41, 5.74) is 8.26. The number of nitrogens with two attached hydrogens (primary N) is 1. The second-order valence-corrected chi connectivity index (χ2v) is 4.69. The van der Waals surface area contributed by atoms with Crippen molar-refractivity contribution in [2.45, 2.75) is 13.5 Å². The fourth-order valence-electron chi connectivity index (χ4n) is 1.82. The SMILES string of the molecule is Cc1cc(Oc2cccc(CO)c2)ccc1C(N)=S. The summed E-state index contributed by atoms with van der Waals surface area (Å²) >= 11 is 4.96. The zero-order valence-corrected chi connectivity index (χ0v) is 11.4. The van der Waals surface area contributed by atoms with Crippen molar-refractivity contribution >= 4 is 17.2 Å². The highest BCUT2D eigenvalue weighted by atomic mass is 32.1. The number of aryl methyl sites for hydroxylation is 1. The highest BCUT2D eigenvalue weighted by molar-refractivity contribution is 7.80. The standard InChI is InChI=1S/C15H15NO2S/c1-10-7-13(5-6-14(10)15(16)19)18-12-4-2-3-11(8-12)9-17/h2-8,17H,9H2,1H3,(H2,16,19). The largest absolute Gasteiger partial charge is 0.457 e. The molecule has 0 aliphatic carbocycles. The maximum atomic E-state index is 9.09. The van der Waals surface area contributed by atoms with Gasteiger partial charge in [0, 0.05) is 5.56 Å². The minimum Gasteiger partial charge on any atom is -0.457 e. The molecule has 0 saturated carbocycles. The molecule has 0 unspecified atom stereocenters. The van der Waals surface area contributed by atoms with Gasteiger partial charge >= 0.3 is 0 Å². The summed E-state index contributed by atoms with van der Waals surface area (Å²) in [6, 6.07) is 12.9. The highest BCUT2D eigenvalue weighted by Gasteiger charge is 2.04. The summed E-state index contributed by atoms with van der Waals surface area (Å²) in [5, 5.41) is 9.09. The van der Waals surface area contributed by atoms with Crippen molar-refractivity contribution in [3.05, 3.63) is 59.2 Å². The van der Waals surface area contributed by atoms with E-state index in [0.717, 1.165) is 16.7 Å². The van der Waals surface area contributed by atoms with Crippen LogP contribution in [0.2, 0.25) is 0 Å². The summed E-state index contributed by atoms with van der Waals surface area (Å²) in [6.45, 7) is 1.93. The van der Waals surface area contributed by atoms with Gasteiger partial charge in [-0.05, 0) is 48.4 Å². The third-order valence-corrected chi connectivity index (χ3v) is 3.00. The van der Waals surface area contributed by atoms with E-state index in [4.69, 9.17) is 27.8 Å². The molecule has 2 aromatic carbocycles. The maximum Gasteiger partial charge on any atom is 0.127 e. The Morgan fingerprint density at radius 3 is 2.58 bits per heavy atom. The van der Waals surface area contributed by atoms with Crippen LogP contribution in [0, 0.1) is 6.92 Å². The minimum absolute atomic E-state index is 0.00336. The van der Waals surface area contributed by atoms with Crippen LogP contribution in [0.3, 0.4) is 0 Å². The van der Waals surface area contributed by atoms with E-state index in [-0.39, 0.29) is 6.61 Å². The number of aliphatic hydroxyl groups is 1. The molecule has 4 heteroatoms. The lowest BCUT2D eigenvalue weighted by Gasteiger charge is -2.09. The van der Waals surface area contributed by atoms with Crippen molar-refractivity contribution in [1.82, 2.24) is 0 Å². The van der Waals surface area contributed by atoms with Crippen molar-refractivity contribution in [1.29, 1.82) is 0 Å². The molecule has 19 heavy (non-hydrogen) atoms. The summed E-state index contributed by atoms with van der Waals surface area (Å²) in [6.07, 6.45) is 0. The van der Waals surface area contributed by atoms with E-state index >= 15 is 0 Å². The highest BCUT2D eigenvalue weighted by Crippen LogP contribution is 2.24. The lowest BCUT2D eigenvalue weighted by atomic mass is 10.1. The molecule has 3 N–H and O–H groups in total. The van der Waals surface area contributed by atoms with Gasteiger partial charge in [0.05, 0.1) is 6.61 Å². The van der Waals surface area contributed by atoms with Gasteiger partial charge in [0.1, 0.15) is 16.5 Å². The molecular formula is C15H15NO2S. The second-order valence-electron chi connectivity index (χ2n) is 4.25. The third kappa shape index (κ3) is 3.30. The van der Waals surface area contributed by atoms with Crippen LogP contribution in [0.25, 0.3) is 0 Å². The molecule has 0 atom stereocenters. The molecule has 3 nitrogen and oxygen atoms in total. The van der Waals surface area contributed by atoms with E-state index in [1.807, 2.05) is 43.3 Å². The first-order valence-electron chi connectivity index (χ1n) is 5.88. The Labute approximate surface area is 117 Å². The zero-order chi connectivity index (χ0) is 13.8. The smallest absolute Gasteiger partial charge is 0.127 e. The zero-order valence-electron chi connectivity index (χ0n) is 10.6. The molecule has 0 amide bonds. The normalized spacial score (nSPS) is 10.2. The van der Waals surface area contributed by atoms with Crippen LogP contribution < -0.4 is 10.5 Å². The van der Waals surface area contributed by atoms with E-state index in [1.54, 1.807) is 6.07 Å². The van der Waals surface area contributed by atoms with E-state index in [2.05, 4.69) is 0 Å². The summed E-state index contributed by atoms with van der Waals surface area (Å²) in [7, 11) is 0. The Bertz CT molecular complexity index is 611. The van der Waals surface area contributed by atoms with Gasteiger partial charge in [-0.3, -0.25) is 0 Å². The van der Waals surface area contributed by atoms with Crippen LogP contribution in [0.4, 0.5) is 0 Å². The van der Waals surface area contributed by atoms with Crippen LogP contribution in [0.15, 0.2) is 42.5 Å². The van der Waals surface area contributed by atoms with Gasteiger partial charge in [-0.15, -0.1) is 0 Å². The van der Waals surface area contributed by atoms with Crippen LogP contribution in [-0.2, 0) is 6.61 Å². The average molecular weight is 273 g/mol. The first-order chi connectivity index (χ1) is 9.10. The van der Waals surface area contributed by atoms with Gasteiger partial charge in [0.15, 0.2) is 0 Å². The first-order valence-corrected chi connectivity index (χ1v) is 6.29. The van der Waals surface area contributed by atoms with Crippen molar-refractivity contribution in [2.75, 3.05) is 0 Å². The number of thiocarbonyl (C=S) groups is 1. The van der Waals surface area contributed by atoms with E-state index in [9.17, 15) is 0 Å². The topological polar surface area (TPSA) is 55.5 Å². The maximum absolute atomic E-state index is 9.09. The molecule has 0 spiro atoms. The van der Waals surface area contributed by atoms with Crippen LogP contribution >= 0.6 is 12.2 Å². The Morgan fingerprint density at radius 2 is 1.95 bits per heavy atom. The quantitative estimate of drug-likeness (QED) is 0.841. The molecule has 0 aliphatic heterocycles. The van der Waals surface area contributed by atoms with E-state index in [1.165, 1.54) is 0 Å². The average Bonchev–Trinajstić information content (AvgIpc) is 2.38. The fraction of sp³-hybridized carbons (Fsp3) is 0.133. The lowest BCUT2D eigenvalue weighted by molar-refractivity contribution is 0.281. The van der Waals surface area contributed by atoms with Gasteiger partial charge in [-0.2, -0.15) is 0 Å². The molecule has 2 rings (SSSR count). The van der Waals surface area contributed by atoms with Crippen LogP contribution in [0.1, 0.15) is 16.7 Å². The first kappa shape index (κ1) is 13.5. The Kier molecular flexibility index (Phi) is 4.14. The Hall–Kier alpha value is -1.91. The number of rotatable bonds is 4. The molecule has 0 aromatic heterocycles. The van der Waals surface area contributed by atoms with Crippen LogP contribution in [0.5, 0.6) is 11.5 Å². The lowest BCUT2D eigenvalue weighted by Crippen LogP contribution is -2.10. The van der Waals surface area contributed by atoms with Gasteiger partial charge in [-0.1, -0.05) is 24.4 Å². The molecule has 0 bridgehead atoms. The monoisotopic (exact) mass is 273 g/mol. The molecule has 2 aromatic rings. The predicted molar refractivity (Wildman–Crippen MR) is 79.5 cm³/mol. The van der Waals surface area contributed by atoms with E-state index in [0.29, 0.717) is 16.5 Å². The van der Waals surface area contributed by atoms with Crippen molar-refractivity contribution in [3.8, 4) is 11.5 Å². The van der Waals surface area contributed by atoms with Gasteiger partial charge < -0.3 is 15.6 Å². The van der Waals surface area contributed by atoms with Crippen LogP contribution in [-0.4, -0.2) is 10.1 Å². The van der Waals surface area contributed by atoms with Crippen molar-refractivity contribution < 1.29 is 9.84 Å². The number of ether oxygens (including phenoxy) is 1. The molecule has 0 aliphatic rings. The summed E-state index contributed by atoms with van der Waals surface area (Å²) in [5.74, 6) is 1.40. The number of aliphatic hydroxyl groups excluding tert-OH is 1. The number of hydrogen-bond donors (Lipinski definition) is 2. The number of hydrogen-bond acceptors (Lipinski definition) is 3. The molecule has 0 fully saturated rings. The molecular weight excluding hydrogens is 258 g/mol. The van der Waals surface area contributed by atoms with E-state index < -0.39 is 0 Å². The van der Waals surface area contributed by atoms with Gasteiger partial charge in [0.2, 0.25) is 0 Å². The summed E-state index contributed by atoms with van der Waals surface area (Å²) in [4.78, 5) is 0.381. The minimum atomic E-state index is -0.00336. The molecule has 98 valence electrons. The predicted octanol–water partition coefficient (Wildman–Crippen LogP) is 2.91. The fourth-order valence-corrected chi connectivity index (χ4v) is 2.05. The molecule has 0 heterocycles. The van der Waals surface area contributed by atoms with Crippen molar-refractivity contribution in [3.63, 3.8) is 0 Å².